The van der Waals surface area contributed by atoms with Crippen molar-refractivity contribution in [3.05, 3.63) is 78.5 Å². The van der Waals surface area contributed by atoms with Gasteiger partial charge >= 0.3 is 0 Å². The average molecular weight is 453 g/mol. The molecule has 0 bridgehead atoms. The van der Waals surface area contributed by atoms with Crippen molar-refractivity contribution in [1.82, 2.24) is 4.57 Å². The van der Waals surface area contributed by atoms with Crippen molar-refractivity contribution in [3.63, 3.8) is 0 Å². The summed E-state index contributed by atoms with van der Waals surface area (Å²) in [7, 11) is 0. The number of unbranched alkanes of at least 4 members (excludes halogenated alkanes) is 5. The third-order valence-corrected chi connectivity index (χ3v) is 8.55. The SMILES string of the molecule is CCCCCCCCn1cc2c3c(cccc31)-c1c(C)ccc3c1B2c1cccc2cccc-3c12. The maximum Gasteiger partial charge on any atom is 0.246 e. The lowest BCUT2D eigenvalue weighted by atomic mass is 9.31. The zero-order chi connectivity index (χ0) is 23.5. The normalized spacial score (nSPS) is 13.0. The van der Waals surface area contributed by atoms with Crippen molar-refractivity contribution in [1.29, 1.82) is 0 Å². The second-order valence-electron chi connectivity index (χ2n) is 10.6. The van der Waals surface area contributed by atoms with Crippen molar-refractivity contribution < 1.29 is 0 Å². The number of hydrogen-bond donors (Lipinski definition) is 0. The standard InChI is InChI=1S/C33H32BN/c1-3-4-5-6-7-8-20-35-21-28-32-26(15-11-17-29(32)35)30-22(2)18-19-25-24-14-9-12-23-13-10-16-27(31(23)24)34(28)33(25)30/h9-19,21H,3-8,20H2,1-2H3. The smallest absolute Gasteiger partial charge is 0.246 e. The molecule has 35 heavy (non-hydrogen) atoms. The molecule has 7 rings (SSSR count). The second-order valence-corrected chi connectivity index (χ2v) is 10.6. The lowest BCUT2D eigenvalue weighted by Crippen LogP contribution is -2.57. The molecule has 0 atom stereocenters. The number of fused-ring (bicyclic) bond motifs is 4. The first-order valence-electron chi connectivity index (χ1n) is 13.6. The van der Waals surface area contributed by atoms with Crippen LogP contribution in [0.4, 0.5) is 0 Å². The van der Waals surface area contributed by atoms with Gasteiger partial charge in [0.1, 0.15) is 0 Å². The molecule has 5 aromatic rings. The minimum absolute atomic E-state index is 0.307. The van der Waals surface area contributed by atoms with Crippen molar-refractivity contribution in [3.8, 4) is 22.3 Å². The average Bonchev–Trinajstić information content (AvgIpc) is 3.25. The van der Waals surface area contributed by atoms with Gasteiger partial charge < -0.3 is 4.57 Å². The topological polar surface area (TPSA) is 4.93 Å². The summed E-state index contributed by atoms with van der Waals surface area (Å²) in [6.07, 6.45) is 10.5. The van der Waals surface area contributed by atoms with Gasteiger partial charge in [-0.15, -0.1) is 0 Å². The van der Waals surface area contributed by atoms with E-state index in [2.05, 4.69) is 91.3 Å². The summed E-state index contributed by atoms with van der Waals surface area (Å²) in [6, 6.07) is 25.4. The molecule has 2 aliphatic heterocycles. The van der Waals surface area contributed by atoms with Crippen LogP contribution in [0.1, 0.15) is 51.0 Å². The summed E-state index contributed by atoms with van der Waals surface area (Å²) < 4.78 is 2.57. The summed E-state index contributed by atoms with van der Waals surface area (Å²) in [5, 5.41) is 4.28. The Morgan fingerprint density at radius 3 is 2.34 bits per heavy atom. The molecule has 0 fully saturated rings. The van der Waals surface area contributed by atoms with Gasteiger partial charge in [0.2, 0.25) is 6.71 Å². The summed E-state index contributed by atoms with van der Waals surface area (Å²) in [6.45, 7) is 6.01. The molecule has 0 spiro atoms. The molecule has 0 N–H and O–H groups in total. The largest absolute Gasteiger partial charge is 0.348 e. The van der Waals surface area contributed by atoms with Gasteiger partial charge in [-0.3, -0.25) is 0 Å². The van der Waals surface area contributed by atoms with E-state index in [1.54, 1.807) is 0 Å². The van der Waals surface area contributed by atoms with Crippen LogP contribution in [0.15, 0.2) is 72.9 Å². The van der Waals surface area contributed by atoms with E-state index in [4.69, 9.17) is 0 Å². The maximum absolute atomic E-state index is 2.57. The summed E-state index contributed by atoms with van der Waals surface area (Å²) in [5.41, 5.74) is 13.0. The monoisotopic (exact) mass is 453 g/mol. The summed E-state index contributed by atoms with van der Waals surface area (Å²) in [5.74, 6) is 0. The van der Waals surface area contributed by atoms with Gasteiger partial charge in [0.25, 0.3) is 0 Å². The molecule has 4 aromatic carbocycles. The van der Waals surface area contributed by atoms with E-state index < -0.39 is 0 Å². The molecule has 0 saturated carbocycles. The molecule has 0 saturated heterocycles. The molecule has 1 nitrogen and oxygen atoms in total. The van der Waals surface area contributed by atoms with Crippen molar-refractivity contribution in [2.75, 3.05) is 0 Å². The van der Waals surface area contributed by atoms with Gasteiger partial charge in [0.15, 0.2) is 0 Å². The van der Waals surface area contributed by atoms with Gasteiger partial charge in [-0.05, 0) is 63.5 Å². The molecule has 172 valence electrons. The highest BCUT2D eigenvalue weighted by Crippen LogP contribution is 2.40. The molecule has 0 unspecified atom stereocenters. The van der Waals surface area contributed by atoms with Crippen molar-refractivity contribution in [2.45, 2.75) is 58.9 Å². The van der Waals surface area contributed by atoms with Crippen LogP contribution >= 0.6 is 0 Å². The number of aryl methyl sites for hydroxylation is 2. The van der Waals surface area contributed by atoms with Crippen molar-refractivity contribution >= 4 is 44.8 Å². The number of aromatic nitrogens is 1. The Morgan fingerprint density at radius 2 is 1.46 bits per heavy atom. The van der Waals surface area contributed by atoms with E-state index in [9.17, 15) is 0 Å². The first-order chi connectivity index (χ1) is 17.3. The third-order valence-electron chi connectivity index (χ3n) is 8.55. The van der Waals surface area contributed by atoms with Crippen LogP contribution in [-0.4, -0.2) is 11.3 Å². The fourth-order valence-electron chi connectivity index (χ4n) is 6.99. The minimum Gasteiger partial charge on any atom is -0.348 e. The van der Waals surface area contributed by atoms with E-state index in [0.29, 0.717) is 6.71 Å². The van der Waals surface area contributed by atoms with Gasteiger partial charge in [-0.25, -0.2) is 0 Å². The molecule has 1 aromatic heterocycles. The molecule has 2 heteroatoms. The van der Waals surface area contributed by atoms with Crippen LogP contribution in [0.2, 0.25) is 0 Å². The van der Waals surface area contributed by atoms with Gasteiger partial charge in [-0.2, -0.15) is 0 Å². The molecular weight excluding hydrogens is 421 g/mol. The van der Waals surface area contributed by atoms with Gasteiger partial charge in [0, 0.05) is 23.6 Å². The lowest BCUT2D eigenvalue weighted by molar-refractivity contribution is 0.566. The second kappa shape index (κ2) is 8.16. The Kier molecular flexibility index (Phi) is 4.91. The molecule has 0 amide bonds. The fraction of sp³-hybridized carbons (Fsp3) is 0.273. The highest BCUT2D eigenvalue weighted by Gasteiger charge is 2.39. The van der Waals surface area contributed by atoms with E-state index in [-0.39, 0.29) is 0 Å². The molecule has 3 heterocycles. The van der Waals surface area contributed by atoms with Crippen molar-refractivity contribution in [2.24, 2.45) is 0 Å². The molecule has 2 aliphatic rings. The zero-order valence-corrected chi connectivity index (χ0v) is 20.9. The Balaban J connectivity index is 1.44. The number of benzene rings is 4. The van der Waals surface area contributed by atoms with Crippen LogP contribution in [0.25, 0.3) is 43.9 Å². The molecule has 0 aliphatic carbocycles. The molecule has 0 radical (unpaired) electrons. The van der Waals surface area contributed by atoms with E-state index >= 15 is 0 Å². The predicted molar refractivity (Wildman–Crippen MR) is 153 cm³/mol. The third kappa shape index (κ3) is 3.02. The summed E-state index contributed by atoms with van der Waals surface area (Å²) in [4.78, 5) is 0. The molecular formula is C33H32BN. The number of hydrogen-bond acceptors (Lipinski definition) is 0. The maximum atomic E-state index is 2.57. The Hall–Kier alpha value is -3.26. The highest BCUT2D eigenvalue weighted by molar-refractivity contribution is 7.01. The van der Waals surface area contributed by atoms with Crippen LogP contribution in [-0.2, 0) is 6.54 Å². The number of rotatable bonds is 7. The van der Waals surface area contributed by atoms with E-state index in [1.165, 1.54) is 104 Å². The first-order valence-corrected chi connectivity index (χ1v) is 13.6. The van der Waals surface area contributed by atoms with Crippen LogP contribution in [0.3, 0.4) is 0 Å². The summed E-state index contributed by atoms with van der Waals surface area (Å²) >= 11 is 0. The van der Waals surface area contributed by atoms with E-state index in [0.717, 1.165) is 6.54 Å². The van der Waals surface area contributed by atoms with Crippen LogP contribution in [0.5, 0.6) is 0 Å². The quantitative estimate of drug-likeness (QED) is 0.182. The van der Waals surface area contributed by atoms with Gasteiger partial charge in [0.05, 0.1) is 0 Å². The van der Waals surface area contributed by atoms with Gasteiger partial charge in [-0.1, -0.05) is 111 Å². The lowest BCUT2D eigenvalue weighted by Gasteiger charge is -2.33. The first kappa shape index (κ1) is 21.1. The Morgan fingerprint density at radius 1 is 0.686 bits per heavy atom. The number of nitrogens with zero attached hydrogens (tertiary/aromatic N) is 1. The predicted octanol–water partition coefficient (Wildman–Crippen LogP) is 6.94. The zero-order valence-electron chi connectivity index (χ0n) is 20.9. The van der Waals surface area contributed by atoms with E-state index in [1.807, 2.05) is 0 Å². The van der Waals surface area contributed by atoms with Crippen LogP contribution in [0, 0.1) is 6.92 Å². The Labute approximate surface area is 208 Å². The minimum atomic E-state index is 0.307. The highest BCUT2D eigenvalue weighted by atomic mass is 15.0. The fourth-order valence-corrected chi connectivity index (χ4v) is 6.99. The van der Waals surface area contributed by atoms with Crippen LogP contribution < -0.4 is 16.4 Å². The Bertz CT molecular complexity index is 1600.